The first kappa shape index (κ1) is 13.2. The van der Waals surface area contributed by atoms with E-state index < -0.39 is 5.97 Å². The molecule has 0 radical (unpaired) electrons. The van der Waals surface area contributed by atoms with Crippen LogP contribution in [0.2, 0.25) is 0 Å². The van der Waals surface area contributed by atoms with E-state index in [9.17, 15) is 14.0 Å². The van der Waals surface area contributed by atoms with Crippen LogP contribution in [-0.2, 0) is 9.59 Å². The van der Waals surface area contributed by atoms with Gasteiger partial charge in [-0.1, -0.05) is 12.1 Å². The number of rotatable bonds is 5. The zero-order valence-corrected chi connectivity index (χ0v) is 9.44. The minimum absolute atomic E-state index is 0.0547. The minimum atomic E-state index is -1.01. The molecule has 1 rings (SSSR count). The van der Waals surface area contributed by atoms with Crippen molar-refractivity contribution in [3.05, 3.63) is 35.6 Å². The molecule has 1 aromatic rings. The Bertz CT molecular complexity index is 403. The summed E-state index contributed by atoms with van der Waals surface area (Å²) in [6.45, 7) is 1.76. The van der Waals surface area contributed by atoms with Gasteiger partial charge in [0, 0.05) is 6.42 Å². The molecule has 0 aliphatic heterocycles. The van der Waals surface area contributed by atoms with Crippen molar-refractivity contribution in [2.75, 3.05) is 0 Å². The first-order valence-corrected chi connectivity index (χ1v) is 5.25. The maximum Gasteiger partial charge on any atom is 0.303 e. The third-order valence-corrected chi connectivity index (χ3v) is 2.31. The van der Waals surface area contributed by atoms with Gasteiger partial charge >= 0.3 is 5.97 Å². The van der Waals surface area contributed by atoms with Crippen LogP contribution in [0, 0.1) is 5.82 Å². The number of carbonyl (C=O) groups is 2. The molecule has 0 saturated heterocycles. The van der Waals surface area contributed by atoms with Gasteiger partial charge in [0.15, 0.2) is 0 Å². The van der Waals surface area contributed by atoms with Crippen LogP contribution in [0.5, 0.6) is 0 Å². The molecule has 0 spiro atoms. The third-order valence-electron chi connectivity index (χ3n) is 2.31. The number of nitrogens with one attached hydrogen (secondary N) is 1. The van der Waals surface area contributed by atoms with Crippen molar-refractivity contribution in [1.29, 1.82) is 0 Å². The molecule has 0 aromatic heterocycles. The molecule has 1 unspecified atom stereocenters. The van der Waals surface area contributed by atoms with Crippen LogP contribution in [0.15, 0.2) is 24.3 Å². The van der Waals surface area contributed by atoms with Crippen LogP contribution < -0.4 is 5.32 Å². The summed E-state index contributed by atoms with van der Waals surface area (Å²) in [5, 5.41) is 11.1. The Labute approximate surface area is 98.5 Å². The molecule has 0 aliphatic rings. The lowest BCUT2D eigenvalue weighted by molar-refractivity contribution is -0.138. The molecule has 0 bridgehead atoms. The number of carboxylic acids is 1. The molecule has 92 valence electrons. The van der Waals surface area contributed by atoms with Crippen LogP contribution in [0.4, 0.5) is 4.39 Å². The SMILES string of the molecule is CC(NC(=O)CCC(=O)O)c1ccc(F)cc1. The lowest BCUT2D eigenvalue weighted by Crippen LogP contribution is -2.26. The van der Waals surface area contributed by atoms with Gasteiger partial charge in [0.2, 0.25) is 5.91 Å². The monoisotopic (exact) mass is 239 g/mol. The summed E-state index contributed by atoms with van der Waals surface area (Å²) < 4.78 is 12.7. The number of carbonyl (C=O) groups excluding carboxylic acids is 1. The van der Waals surface area contributed by atoms with E-state index in [0.29, 0.717) is 0 Å². The fourth-order valence-electron chi connectivity index (χ4n) is 1.37. The smallest absolute Gasteiger partial charge is 0.303 e. The van der Waals surface area contributed by atoms with Crippen LogP contribution in [0.1, 0.15) is 31.4 Å². The average molecular weight is 239 g/mol. The van der Waals surface area contributed by atoms with E-state index >= 15 is 0 Å². The Morgan fingerprint density at radius 1 is 1.29 bits per heavy atom. The van der Waals surface area contributed by atoms with Gasteiger partial charge < -0.3 is 10.4 Å². The van der Waals surface area contributed by atoms with E-state index in [-0.39, 0.29) is 30.6 Å². The fraction of sp³-hybridized carbons (Fsp3) is 0.333. The van der Waals surface area contributed by atoms with Crippen molar-refractivity contribution in [2.45, 2.75) is 25.8 Å². The quantitative estimate of drug-likeness (QED) is 0.824. The molecule has 0 saturated carbocycles. The molecule has 2 N–H and O–H groups in total. The van der Waals surface area contributed by atoms with E-state index in [1.54, 1.807) is 19.1 Å². The summed E-state index contributed by atoms with van der Waals surface area (Å²) in [4.78, 5) is 21.6. The van der Waals surface area contributed by atoms with Gasteiger partial charge in [0.1, 0.15) is 5.82 Å². The average Bonchev–Trinajstić information content (AvgIpc) is 2.27. The molecule has 1 amide bonds. The molecule has 1 atom stereocenters. The molecule has 0 fully saturated rings. The number of amides is 1. The van der Waals surface area contributed by atoms with Gasteiger partial charge in [-0.2, -0.15) is 0 Å². The van der Waals surface area contributed by atoms with Crippen molar-refractivity contribution in [2.24, 2.45) is 0 Å². The highest BCUT2D eigenvalue weighted by Gasteiger charge is 2.10. The summed E-state index contributed by atoms with van der Waals surface area (Å²) in [5.41, 5.74) is 0.773. The number of carboxylic acid groups (broad SMARTS) is 1. The standard InChI is InChI=1S/C12H14FNO3/c1-8(9-2-4-10(13)5-3-9)14-11(15)6-7-12(16)17/h2-5,8H,6-7H2,1H3,(H,14,15)(H,16,17). The predicted octanol–water partition coefficient (Wildman–Crippen LogP) is 1.87. The summed E-state index contributed by atoms with van der Waals surface area (Å²) >= 11 is 0. The van der Waals surface area contributed by atoms with Crippen molar-refractivity contribution in [3.8, 4) is 0 Å². The van der Waals surface area contributed by atoms with E-state index in [1.165, 1.54) is 12.1 Å². The molecule has 17 heavy (non-hydrogen) atoms. The summed E-state index contributed by atoms with van der Waals surface area (Å²) in [6, 6.07) is 5.52. The minimum Gasteiger partial charge on any atom is -0.481 e. The Hall–Kier alpha value is -1.91. The second-order valence-corrected chi connectivity index (χ2v) is 3.73. The fourth-order valence-corrected chi connectivity index (χ4v) is 1.37. The summed E-state index contributed by atoms with van der Waals surface area (Å²) in [7, 11) is 0. The lowest BCUT2D eigenvalue weighted by Gasteiger charge is -2.13. The maximum absolute atomic E-state index is 12.7. The molecule has 0 heterocycles. The second-order valence-electron chi connectivity index (χ2n) is 3.73. The number of benzene rings is 1. The van der Waals surface area contributed by atoms with Crippen molar-refractivity contribution >= 4 is 11.9 Å². The Kier molecular flexibility index (Phi) is 4.63. The van der Waals surface area contributed by atoms with Crippen LogP contribution in [0.25, 0.3) is 0 Å². The highest BCUT2D eigenvalue weighted by atomic mass is 19.1. The van der Waals surface area contributed by atoms with Gasteiger partial charge in [-0.05, 0) is 24.6 Å². The Morgan fingerprint density at radius 3 is 2.41 bits per heavy atom. The summed E-state index contributed by atoms with van der Waals surface area (Å²) in [5.74, 6) is -1.67. The largest absolute Gasteiger partial charge is 0.481 e. The van der Waals surface area contributed by atoms with Crippen molar-refractivity contribution in [3.63, 3.8) is 0 Å². The Balaban J connectivity index is 2.48. The topological polar surface area (TPSA) is 66.4 Å². The van der Waals surface area contributed by atoms with Crippen LogP contribution >= 0.6 is 0 Å². The van der Waals surface area contributed by atoms with Crippen molar-refractivity contribution in [1.82, 2.24) is 5.32 Å². The highest BCUT2D eigenvalue weighted by molar-refractivity contribution is 5.80. The van der Waals surface area contributed by atoms with E-state index in [2.05, 4.69) is 5.32 Å². The van der Waals surface area contributed by atoms with E-state index in [0.717, 1.165) is 5.56 Å². The zero-order chi connectivity index (χ0) is 12.8. The molecule has 0 aliphatic carbocycles. The summed E-state index contributed by atoms with van der Waals surface area (Å²) in [6.07, 6.45) is -0.247. The number of hydrogen-bond acceptors (Lipinski definition) is 2. The number of hydrogen-bond donors (Lipinski definition) is 2. The second kappa shape index (κ2) is 5.98. The lowest BCUT2D eigenvalue weighted by atomic mass is 10.1. The van der Waals surface area contributed by atoms with Gasteiger partial charge in [-0.15, -0.1) is 0 Å². The first-order valence-electron chi connectivity index (χ1n) is 5.25. The van der Waals surface area contributed by atoms with Crippen LogP contribution in [-0.4, -0.2) is 17.0 Å². The van der Waals surface area contributed by atoms with E-state index in [1.807, 2.05) is 0 Å². The molecule has 1 aromatic carbocycles. The van der Waals surface area contributed by atoms with Crippen LogP contribution in [0.3, 0.4) is 0 Å². The van der Waals surface area contributed by atoms with Crippen molar-refractivity contribution < 1.29 is 19.1 Å². The molecular formula is C12H14FNO3. The highest BCUT2D eigenvalue weighted by Crippen LogP contribution is 2.12. The first-order chi connectivity index (χ1) is 7.99. The zero-order valence-electron chi connectivity index (χ0n) is 9.44. The molecular weight excluding hydrogens is 225 g/mol. The maximum atomic E-state index is 12.7. The molecule has 5 heteroatoms. The van der Waals surface area contributed by atoms with Gasteiger partial charge in [0.05, 0.1) is 12.5 Å². The van der Waals surface area contributed by atoms with Gasteiger partial charge in [0.25, 0.3) is 0 Å². The van der Waals surface area contributed by atoms with Gasteiger partial charge in [-0.3, -0.25) is 9.59 Å². The normalized spacial score (nSPS) is 11.9. The number of halogens is 1. The predicted molar refractivity (Wildman–Crippen MR) is 59.8 cm³/mol. The van der Waals surface area contributed by atoms with E-state index in [4.69, 9.17) is 5.11 Å². The number of aliphatic carboxylic acids is 1. The molecule has 4 nitrogen and oxygen atoms in total. The van der Waals surface area contributed by atoms with Gasteiger partial charge in [-0.25, -0.2) is 4.39 Å². The third kappa shape index (κ3) is 4.63. The Morgan fingerprint density at radius 2 is 1.88 bits per heavy atom.